The highest BCUT2D eigenvalue weighted by molar-refractivity contribution is 5.81. The summed E-state index contributed by atoms with van der Waals surface area (Å²) < 4.78 is 50.6. The third-order valence-corrected chi connectivity index (χ3v) is 4.90. The molecular weight excluding hydrogens is 437 g/mol. The molecule has 0 saturated carbocycles. The fourth-order valence-electron chi connectivity index (χ4n) is 3.20. The van der Waals surface area contributed by atoms with Gasteiger partial charge >= 0.3 is 12.1 Å². The third-order valence-electron chi connectivity index (χ3n) is 4.90. The van der Waals surface area contributed by atoms with Gasteiger partial charge in [-0.15, -0.1) is 0 Å². The van der Waals surface area contributed by atoms with Crippen LogP contribution >= 0.6 is 0 Å². The Morgan fingerprint density at radius 2 is 1.79 bits per heavy atom. The topological polar surface area (TPSA) is 78.3 Å². The summed E-state index contributed by atoms with van der Waals surface area (Å²) in [7, 11) is 3.11. The Morgan fingerprint density at radius 1 is 1.06 bits per heavy atom. The Kier molecular flexibility index (Phi) is 5.91. The van der Waals surface area contributed by atoms with Gasteiger partial charge in [0, 0.05) is 31.1 Å². The standard InChI is InChI=1S/C23H19F3N4O3/c1-30-20-8-7-17(33-18-9-10-27-16(11-18)12-21(31)32-2)13-19(20)29-22(30)28-15-5-3-14(4-6-15)23(24,25)26/h3-11,13H,12H2,1-2H3,(H,28,29). The zero-order chi connectivity index (χ0) is 23.6. The Balaban J connectivity index is 1.53. The molecule has 0 aliphatic heterocycles. The first-order valence-corrected chi connectivity index (χ1v) is 9.83. The number of carbonyl (C=O) groups is 1. The number of imidazole rings is 1. The van der Waals surface area contributed by atoms with Crippen LogP contribution < -0.4 is 10.1 Å². The van der Waals surface area contributed by atoms with Crippen LogP contribution in [0, 0.1) is 0 Å². The van der Waals surface area contributed by atoms with Crippen molar-refractivity contribution in [3.63, 3.8) is 0 Å². The van der Waals surface area contributed by atoms with E-state index in [0.29, 0.717) is 34.3 Å². The number of fused-ring (bicyclic) bond motifs is 1. The summed E-state index contributed by atoms with van der Waals surface area (Å²) in [5.74, 6) is 1.09. The van der Waals surface area contributed by atoms with Gasteiger partial charge in [-0.2, -0.15) is 13.2 Å². The summed E-state index contributed by atoms with van der Waals surface area (Å²) in [6.45, 7) is 0. The van der Waals surface area contributed by atoms with Crippen molar-refractivity contribution in [2.75, 3.05) is 12.4 Å². The monoisotopic (exact) mass is 456 g/mol. The summed E-state index contributed by atoms with van der Waals surface area (Å²) in [6.07, 6.45) is -2.81. The van der Waals surface area contributed by atoms with Crippen LogP contribution in [0.1, 0.15) is 11.3 Å². The molecule has 170 valence electrons. The molecule has 33 heavy (non-hydrogen) atoms. The van der Waals surface area contributed by atoms with Crippen molar-refractivity contribution in [3.05, 3.63) is 72.1 Å². The molecule has 2 heterocycles. The molecule has 0 atom stereocenters. The van der Waals surface area contributed by atoms with Gasteiger partial charge < -0.3 is 19.4 Å². The van der Waals surface area contributed by atoms with Crippen LogP contribution in [0.5, 0.6) is 11.5 Å². The number of anilines is 2. The number of carbonyl (C=O) groups excluding carboxylic acids is 1. The molecule has 4 aromatic rings. The largest absolute Gasteiger partial charge is 0.469 e. The molecule has 2 aromatic heterocycles. The van der Waals surface area contributed by atoms with Gasteiger partial charge in [-0.25, -0.2) is 4.98 Å². The Hall–Kier alpha value is -4.08. The predicted molar refractivity (Wildman–Crippen MR) is 115 cm³/mol. The number of benzene rings is 2. The van der Waals surface area contributed by atoms with Crippen LogP contribution in [-0.2, 0) is 29.2 Å². The number of halogens is 3. The average molecular weight is 456 g/mol. The van der Waals surface area contributed by atoms with Crippen LogP contribution in [0.3, 0.4) is 0 Å². The van der Waals surface area contributed by atoms with Gasteiger partial charge in [0.15, 0.2) is 0 Å². The summed E-state index contributed by atoms with van der Waals surface area (Å²) in [6, 6.07) is 13.4. The molecule has 0 spiro atoms. The molecule has 0 radical (unpaired) electrons. The first-order chi connectivity index (χ1) is 15.7. The number of nitrogens with one attached hydrogen (secondary N) is 1. The number of nitrogens with zero attached hydrogens (tertiary/aromatic N) is 3. The molecule has 0 aliphatic rings. The Morgan fingerprint density at radius 3 is 2.48 bits per heavy atom. The molecule has 0 fully saturated rings. The summed E-state index contributed by atoms with van der Waals surface area (Å²) in [5, 5.41) is 3.03. The number of ether oxygens (including phenoxy) is 2. The summed E-state index contributed by atoms with van der Waals surface area (Å²) in [5.41, 5.74) is 1.71. The van der Waals surface area contributed by atoms with Crippen molar-refractivity contribution in [1.82, 2.24) is 14.5 Å². The number of methoxy groups -OCH3 is 1. The maximum atomic E-state index is 12.8. The van der Waals surface area contributed by atoms with E-state index in [1.54, 1.807) is 42.1 Å². The number of pyridine rings is 1. The highest BCUT2D eigenvalue weighted by atomic mass is 19.4. The van der Waals surface area contributed by atoms with Gasteiger partial charge in [-0.05, 0) is 42.5 Å². The minimum atomic E-state index is -4.39. The molecule has 7 nitrogen and oxygen atoms in total. The molecule has 0 saturated heterocycles. The predicted octanol–water partition coefficient (Wildman–Crippen LogP) is 5.24. The van der Waals surface area contributed by atoms with Crippen molar-refractivity contribution in [2.24, 2.45) is 7.05 Å². The highest BCUT2D eigenvalue weighted by Crippen LogP contribution is 2.31. The van der Waals surface area contributed by atoms with Gasteiger partial charge in [-0.3, -0.25) is 9.78 Å². The fourth-order valence-corrected chi connectivity index (χ4v) is 3.20. The molecule has 2 aromatic carbocycles. The zero-order valence-corrected chi connectivity index (χ0v) is 17.7. The van der Waals surface area contributed by atoms with Gasteiger partial charge in [0.2, 0.25) is 5.95 Å². The molecule has 0 bridgehead atoms. The second kappa shape index (κ2) is 8.81. The number of aromatic nitrogens is 3. The first kappa shape index (κ1) is 22.1. The van der Waals surface area contributed by atoms with E-state index in [1.165, 1.54) is 19.2 Å². The fraction of sp³-hybridized carbons (Fsp3) is 0.174. The first-order valence-electron chi connectivity index (χ1n) is 9.83. The SMILES string of the molecule is COC(=O)Cc1cc(Oc2ccc3c(c2)nc(Nc2ccc(C(F)(F)F)cc2)n3C)ccn1. The number of alkyl halides is 3. The number of esters is 1. The van der Waals surface area contributed by atoms with Crippen molar-refractivity contribution < 1.29 is 27.4 Å². The minimum Gasteiger partial charge on any atom is -0.469 e. The Bertz CT molecular complexity index is 1300. The normalized spacial score (nSPS) is 11.4. The Labute approximate surface area is 186 Å². The lowest BCUT2D eigenvalue weighted by Crippen LogP contribution is -2.05. The molecular formula is C23H19F3N4O3. The van der Waals surface area contributed by atoms with E-state index >= 15 is 0 Å². The number of hydrogen-bond donors (Lipinski definition) is 1. The zero-order valence-electron chi connectivity index (χ0n) is 17.7. The van der Waals surface area contributed by atoms with Crippen LogP contribution in [-0.4, -0.2) is 27.6 Å². The highest BCUT2D eigenvalue weighted by Gasteiger charge is 2.30. The molecule has 0 aliphatic carbocycles. The second-order valence-electron chi connectivity index (χ2n) is 7.18. The smallest absolute Gasteiger partial charge is 0.416 e. The van der Waals surface area contributed by atoms with E-state index in [9.17, 15) is 18.0 Å². The van der Waals surface area contributed by atoms with Gasteiger partial charge in [0.25, 0.3) is 0 Å². The minimum absolute atomic E-state index is 0.0337. The van der Waals surface area contributed by atoms with Crippen LogP contribution in [0.15, 0.2) is 60.8 Å². The molecule has 4 rings (SSSR count). The molecule has 0 unspecified atom stereocenters. The van der Waals surface area contributed by atoms with E-state index in [-0.39, 0.29) is 6.42 Å². The van der Waals surface area contributed by atoms with E-state index in [4.69, 9.17) is 4.74 Å². The van der Waals surface area contributed by atoms with Gasteiger partial charge in [0.05, 0.1) is 35.8 Å². The lowest BCUT2D eigenvalue weighted by Gasteiger charge is -2.09. The number of hydrogen-bond acceptors (Lipinski definition) is 6. The van der Waals surface area contributed by atoms with Crippen LogP contribution in [0.2, 0.25) is 0 Å². The van der Waals surface area contributed by atoms with Crippen molar-refractivity contribution in [2.45, 2.75) is 12.6 Å². The van der Waals surface area contributed by atoms with E-state index in [2.05, 4.69) is 20.0 Å². The summed E-state index contributed by atoms with van der Waals surface area (Å²) >= 11 is 0. The maximum Gasteiger partial charge on any atom is 0.416 e. The second-order valence-corrected chi connectivity index (χ2v) is 7.18. The summed E-state index contributed by atoms with van der Waals surface area (Å²) in [4.78, 5) is 20.1. The lowest BCUT2D eigenvalue weighted by molar-refractivity contribution is -0.140. The molecule has 1 N–H and O–H groups in total. The molecule has 0 amide bonds. The maximum absolute atomic E-state index is 12.8. The van der Waals surface area contributed by atoms with Crippen molar-refractivity contribution in [3.8, 4) is 11.5 Å². The van der Waals surface area contributed by atoms with E-state index in [0.717, 1.165) is 17.6 Å². The van der Waals surface area contributed by atoms with Gasteiger partial charge in [0.1, 0.15) is 11.5 Å². The third kappa shape index (κ3) is 5.05. The van der Waals surface area contributed by atoms with Gasteiger partial charge in [-0.1, -0.05) is 0 Å². The number of aryl methyl sites for hydroxylation is 1. The average Bonchev–Trinajstić information content (AvgIpc) is 3.08. The van der Waals surface area contributed by atoms with E-state index < -0.39 is 17.7 Å². The van der Waals surface area contributed by atoms with E-state index in [1.807, 2.05) is 6.07 Å². The van der Waals surface area contributed by atoms with Crippen LogP contribution in [0.4, 0.5) is 24.8 Å². The van der Waals surface area contributed by atoms with Crippen LogP contribution in [0.25, 0.3) is 11.0 Å². The van der Waals surface area contributed by atoms with Crippen molar-refractivity contribution >= 4 is 28.6 Å². The number of rotatable bonds is 6. The van der Waals surface area contributed by atoms with Crippen molar-refractivity contribution in [1.29, 1.82) is 0 Å². The quantitative estimate of drug-likeness (QED) is 0.400. The lowest BCUT2D eigenvalue weighted by atomic mass is 10.2. The molecule has 10 heteroatoms.